The number of benzene rings is 2. The van der Waals surface area contributed by atoms with E-state index >= 15 is 0 Å². The van der Waals surface area contributed by atoms with Gasteiger partial charge in [-0.25, -0.2) is 4.39 Å². The molecular formula is C24H22FN5O5S. The minimum atomic E-state index is -0.501. The molecule has 3 heterocycles. The van der Waals surface area contributed by atoms with Gasteiger partial charge in [-0.05, 0) is 42.7 Å². The second kappa shape index (κ2) is 10.3. The van der Waals surface area contributed by atoms with Crippen LogP contribution in [0.15, 0.2) is 42.5 Å². The SMILES string of the molecule is O=C(Nc1ccc2c(c1)OCO2)c1nnc(C(=O)N2CCC[C@@H](C(=O)NCc3cccc(F)c3)C2)s1. The van der Waals surface area contributed by atoms with Crippen molar-refractivity contribution in [1.29, 1.82) is 0 Å². The number of hydrogen-bond donors (Lipinski definition) is 2. The van der Waals surface area contributed by atoms with Crippen LogP contribution in [0.2, 0.25) is 0 Å². The summed E-state index contributed by atoms with van der Waals surface area (Å²) in [4.78, 5) is 39.8. The van der Waals surface area contributed by atoms with Crippen molar-refractivity contribution in [1.82, 2.24) is 20.4 Å². The van der Waals surface area contributed by atoms with Crippen molar-refractivity contribution in [2.75, 3.05) is 25.2 Å². The molecule has 5 rings (SSSR count). The van der Waals surface area contributed by atoms with Gasteiger partial charge in [0.25, 0.3) is 11.8 Å². The highest BCUT2D eigenvalue weighted by Gasteiger charge is 2.31. The van der Waals surface area contributed by atoms with Gasteiger partial charge in [0.15, 0.2) is 11.5 Å². The molecule has 1 atom stereocenters. The second-order valence-corrected chi connectivity index (χ2v) is 9.35. The number of carbonyl (C=O) groups excluding carboxylic acids is 3. The lowest BCUT2D eigenvalue weighted by Crippen LogP contribution is -2.45. The number of likely N-dealkylation sites (tertiary alicyclic amines) is 1. The van der Waals surface area contributed by atoms with Crippen molar-refractivity contribution in [3.05, 3.63) is 63.9 Å². The first-order valence-electron chi connectivity index (χ1n) is 11.3. The smallest absolute Gasteiger partial charge is 0.286 e. The molecule has 12 heteroatoms. The molecule has 0 bridgehead atoms. The highest BCUT2D eigenvalue weighted by molar-refractivity contribution is 7.15. The number of aromatic nitrogens is 2. The van der Waals surface area contributed by atoms with Crippen molar-refractivity contribution in [2.24, 2.45) is 5.92 Å². The van der Waals surface area contributed by atoms with Gasteiger partial charge in [0.1, 0.15) is 5.82 Å². The van der Waals surface area contributed by atoms with Gasteiger partial charge < -0.3 is 25.0 Å². The monoisotopic (exact) mass is 511 g/mol. The van der Waals surface area contributed by atoms with E-state index in [0.717, 1.165) is 11.3 Å². The van der Waals surface area contributed by atoms with Gasteiger partial charge >= 0.3 is 0 Å². The van der Waals surface area contributed by atoms with Crippen LogP contribution in [-0.2, 0) is 11.3 Å². The van der Waals surface area contributed by atoms with E-state index in [1.54, 1.807) is 35.2 Å². The molecule has 0 radical (unpaired) electrons. The molecule has 2 aromatic carbocycles. The van der Waals surface area contributed by atoms with Crippen molar-refractivity contribution in [3.63, 3.8) is 0 Å². The standard InChI is InChI=1S/C24H22FN5O5S/c25-16-5-1-3-14(9-16)11-26-20(31)15-4-2-8-30(12-15)24(33)23-29-28-22(36-23)21(32)27-17-6-7-18-19(10-17)35-13-34-18/h1,3,5-7,9-10,15H,2,4,8,11-13H2,(H,26,31)(H,27,32)/t15-/m1/s1. The van der Waals surface area contributed by atoms with Gasteiger partial charge in [-0.1, -0.05) is 23.5 Å². The molecule has 1 saturated heterocycles. The molecule has 36 heavy (non-hydrogen) atoms. The summed E-state index contributed by atoms with van der Waals surface area (Å²) >= 11 is 0.888. The fourth-order valence-electron chi connectivity index (χ4n) is 4.05. The van der Waals surface area contributed by atoms with Crippen LogP contribution in [0.1, 0.15) is 38.0 Å². The third-order valence-corrected chi connectivity index (χ3v) is 6.78. The Bertz CT molecular complexity index is 1320. The largest absolute Gasteiger partial charge is 0.454 e. The van der Waals surface area contributed by atoms with Crippen LogP contribution in [0, 0.1) is 11.7 Å². The summed E-state index contributed by atoms with van der Waals surface area (Å²) in [6.07, 6.45) is 1.29. The summed E-state index contributed by atoms with van der Waals surface area (Å²) in [5.74, 6) is -0.705. The van der Waals surface area contributed by atoms with Gasteiger partial charge in [-0.3, -0.25) is 14.4 Å². The van der Waals surface area contributed by atoms with Crippen LogP contribution in [0.25, 0.3) is 0 Å². The molecule has 2 N–H and O–H groups in total. The van der Waals surface area contributed by atoms with Crippen molar-refractivity contribution < 1.29 is 28.2 Å². The Morgan fingerprint density at radius 1 is 1.08 bits per heavy atom. The van der Waals surface area contributed by atoms with E-state index in [2.05, 4.69) is 20.8 Å². The fraction of sp³-hybridized carbons (Fsp3) is 0.292. The zero-order valence-electron chi connectivity index (χ0n) is 19.0. The van der Waals surface area contributed by atoms with E-state index in [1.165, 1.54) is 12.1 Å². The van der Waals surface area contributed by atoms with Crippen molar-refractivity contribution >= 4 is 34.7 Å². The van der Waals surface area contributed by atoms with Crippen LogP contribution >= 0.6 is 11.3 Å². The average Bonchev–Trinajstić information content (AvgIpc) is 3.57. The lowest BCUT2D eigenvalue weighted by atomic mass is 9.97. The molecule has 0 unspecified atom stereocenters. The summed E-state index contributed by atoms with van der Waals surface area (Å²) in [5, 5.41) is 13.4. The van der Waals surface area contributed by atoms with Crippen molar-refractivity contribution in [2.45, 2.75) is 19.4 Å². The zero-order valence-corrected chi connectivity index (χ0v) is 19.8. The van der Waals surface area contributed by atoms with Gasteiger partial charge in [0.2, 0.25) is 22.7 Å². The molecule has 1 fully saturated rings. The first-order valence-corrected chi connectivity index (χ1v) is 12.1. The normalized spacial score (nSPS) is 16.5. The molecule has 3 aromatic rings. The van der Waals surface area contributed by atoms with Crippen LogP contribution in [0.5, 0.6) is 11.5 Å². The molecule has 186 valence electrons. The maximum Gasteiger partial charge on any atom is 0.286 e. The Labute approximate surface area is 209 Å². The number of piperidine rings is 1. The number of nitrogens with zero attached hydrogens (tertiary/aromatic N) is 3. The number of hydrogen-bond acceptors (Lipinski definition) is 8. The predicted molar refractivity (Wildman–Crippen MR) is 127 cm³/mol. The Morgan fingerprint density at radius 2 is 1.92 bits per heavy atom. The Hall–Kier alpha value is -4.06. The van der Waals surface area contributed by atoms with Gasteiger partial charge in [-0.15, -0.1) is 10.2 Å². The molecule has 0 spiro atoms. The minimum Gasteiger partial charge on any atom is -0.454 e. The maximum atomic E-state index is 13.4. The third kappa shape index (κ3) is 5.28. The lowest BCUT2D eigenvalue weighted by Gasteiger charge is -2.31. The molecule has 10 nitrogen and oxygen atoms in total. The Kier molecular flexibility index (Phi) is 6.76. The summed E-state index contributed by atoms with van der Waals surface area (Å²) < 4.78 is 23.9. The zero-order chi connectivity index (χ0) is 25.1. The molecule has 3 amide bonds. The molecule has 1 aromatic heterocycles. The van der Waals surface area contributed by atoms with E-state index in [0.29, 0.717) is 42.1 Å². The highest BCUT2D eigenvalue weighted by Crippen LogP contribution is 2.34. The molecule has 0 aliphatic carbocycles. The van der Waals surface area contributed by atoms with Crippen LogP contribution in [0.4, 0.5) is 10.1 Å². The van der Waals surface area contributed by atoms with Gasteiger partial charge in [0, 0.05) is 31.4 Å². The highest BCUT2D eigenvalue weighted by atomic mass is 32.1. The summed E-state index contributed by atoms with van der Waals surface area (Å²) in [6.45, 7) is 1.04. The number of amides is 3. The first kappa shape index (κ1) is 23.7. The summed E-state index contributed by atoms with van der Waals surface area (Å²) in [7, 11) is 0. The lowest BCUT2D eigenvalue weighted by molar-refractivity contribution is -0.126. The van der Waals surface area contributed by atoms with Gasteiger partial charge in [-0.2, -0.15) is 0 Å². The van der Waals surface area contributed by atoms with E-state index < -0.39 is 11.8 Å². The molecular weight excluding hydrogens is 489 g/mol. The Balaban J connectivity index is 1.17. The number of carbonyl (C=O) groups is 3. The van der Waals surface area contributed by atoms with Gasteiger partial charge in [0.05, 0.1) is 5.92 Å². The molecule has 2 aliphatic rings. The average molecular weight is 512 g/mol. The number of nitrogens with one attached hydrogen (secondary N) is 2. The number of halogens is 1. The number of rotatable bonds is 6. The van der Waals surface area contributed by atoms with Crippen LogP contribution in [-0.4, -0.2) is 52.7 Å². The number of anilines is 1. The fourth-order valence-corrected chi connectivity index (χ4v) is 4.76. The molecule has 0 saturated carbocycles. The number of ether oxygens (including phenoxy) is 2. The van der Waals surface area contributed by atoms with Crippen LogP contribution in [0.3, 0.4) is 0 Å². The third-order valence-electron chi connectivity index (χ3n) is 5.87. The topological polar surface area (TPSA) is 123 Å². The van der Waals surface area contributed by atoms with E-state index in [1.807, 2.05) is 0 Å². The summed E-state index contributed by atoms with van der Waals surface area (Å²) in [6, 6.07) is 11.0. The quantitative estimate of drug-likeness (QED) is 0.522. The van der Waals surface area contributed by atoms with E-state index in [4.69, 9.17) is 9.47 Å². The van der Waals surface area contributed by atoms with E-state index in [9.17, 15) is 18.8 Å². The molecule has 2 aliphatic heterocycles. The first-order chi connectivity index (χ1) is 17.5. The number of fused-ring (bicyclic) bond motifs is 1. The minimum absolute atomic E-state index is 0.0393. The maximum absolute atomic E-state index is 13.4. The van der Waals surface area contributed by atoms with Crippen LogP contribution < -0.4 is 20.1 Å². The predicted octanol–water partition coefficient (Wildman–Crippen LogP) is 2.83. The van der Waals surface area contributed by atoms with Crippen molar-refractivity contribution in [3.8, 4) is 11.5 Å². The Morgan fingerprint density at radius 3 is 2.78 bits per heavy atom. The van der Waals surface area contributed by atoms with E-state index in [-0.39, 0.29) is 47.5 Å². The summed E-state index contributed by atoms with van der Waals surface area (Å²) in [5.41, 5.74) is 1.16. The second-order valence-electron chi connectivity index (χ2n) is 8.37.